The number of amides is 1. The molecule has 0 aliphatic heterocycles. The molecular formula is C21H20N6O2. The van der Waals surface area contributed by atoms with E-state index in [9.17, 15) is 9.59 Å². The number of carbonyl (C=O) groups is 1. The van der Waals surface area contributed by atoms with Crippen molar-refractivity contribution in [2.24, 2.45) is 0 Å². The molecule has 0 radical (unpaired) electrons. The lowest BCUT2D eigenvalue weighted by Crippen LogP contribution is -2.14. The highest BCUT2D eigenvalue weighted by Gasteiger charge is 2.08. The highest BCUT2D eigenvalue weighted by molar-refractivity contribution is 5.91. The number of anilines is 1. The summed E-state index contributed by atoms with van der Waals surface area (Å²) in [4.78, 5) is 31.7. The molecule has 0 saturated carbocycles. The molecule has 2 heterocycles. The standard InChI is InChI=1S/C21H20N6O2/c1-14-26-22-13-27(14)16-7-4-6-15(12-16)23-20(28)11-5-10-19-24-18-9-3-2-8-17(18)21(29)25-19/h2-4,6-9,12-13H,5,10-11H2,1H3,(H,23,28)(H,24,25,29). The summed E-state index contributed by atoms with van der Waals surface area (Å²) >= 11 is 0. The van der Waals surface area contributed by atoms with E-state index in [-0.39, 0.29) is 11.5 Å². The number of rotatable bonds is 6. The predicted molar refractivity (Wildman–Crippen MR) is 110 cm³/mol. The summed E-state index contributed by atoms with van der Waals surface area (Å²) in [5.74, 6) is 1.27. The van der Waals surface area contributed by atoms with Crippen LogP contribution >= 0.6 is 0 Å². The quantitative estimate of drug-likeness (QED) is 0.528. The van der Waals surface area contributed by atoms with Gasteiger partial charge in [-0.1, -0.05) is 18.2 Å². The van der Waals surface area contributed by atoms with E-state index in [1.54, 1.807) is 12.4 Å². The first-order valence-electron chi connectivity index (χ1n) is 9.35. The Hall–Kier alpha value is -3.81. The zero-order chi connectivity index (χ0) is 20.2. The molecule has 29 heavy (non-hydrogen) atoms. The van der Waals surface area contributed by atoms with Gasteiger partial charge in [0.1, 0.15) is 18.0 Å². The van der Waals surface area contributed by atoms with Gasteiger partial charge in [-0.3, -0.25) is 14.2 Å². The molecule has 0 atom stereocenters. The molecule has 0 bridgehead atoms. The van der Waals surface area contributed by atoms with E-state index >= 15 is 0 Å². The first kappa shape index (κ1) is 18.5. The maximum absolute atomic E-state index is 12.3. The van der Waals surface area contributed by atoms with Gasteiger partial charge in [0.25, 0.3) is 5.56 Å². The van der Waals surface area contributed by atoms with Crippen molar-refractivity contribution in [3.05, 3.63) is 76.9 Å². The zero-order valence-electron chi connectivity index (χ0n) is 15.9. The molecule has 2 N–H and O–H groups in total. The van der Waals surface area contributed by atoms with Crippen LogP contribution in [0.3, 0.4) is 0 Å². The van der Waals surface area contributed by atoms with E-state index < -0.39 is 0 Å². The molecule has 0 aliphatic rings. The molecule has 4 rings (SSSR count). The van der Waals surface area contributed by atoms with Crippen molar-refractivity contribution in [3.8, 4) is 5.69 Å². The third-order valence-corrected chi connectivity index (χ3v) is 4.61. The molecule has 2 aromatic carbocycles. The van der Waals surface area contributed by atoms with E-state index in [1.165, 1.54) is 0 Å². The van der Waals surface area contributed by atoms with Crippen LogP contribution in [0.1, 0.15) is 24.5 Å². The van der Waals surface area contributed by atoms with Crippen LogP contribution in [0.25, 0.3) is 16.6 Å². The number of H-pyrrole nitrogens is 1. The van der Waals surface area contributed by atoms with Gasteiger partial charge in [0.2, 0.25) is 5.91 Å². The molecule has 0 unspecified atom stereocenters. The highest BCUT2D eigenvalue weighted by atomic mass is 16.1. The molecule has 4 aromatic rings. The molecule has 2 aromatic heterocycles. The van der Waals surface area contributed by atoms with Crippen LogP contribution in [0.4, 0.5) is 5.69 Å². The van der Waals surface area contributed by atoms with Gasteiger partial charge < -0.3 is 10.3 Å². The van der Waals surface area contributed by atoms with E-state index in [4.69, 9.17) is 0 Å². The number of nitrogens with one attached hydrogen (secondary N) is 2. The van der Waals surface area contributed by atoms with Crippen molar-refractivity contribution in [1.29, 1.82) is 0 Å². The van der Waals surface area contributed by atoms with Crippen molar-refractivity contribution >= 4 is 22.5 Å². The van der Waals surface area contributed by atoms with Crippen LogP contribution in [-0.4, -0.2) is 30.6 Å². The fourth-order valence-corrected chi connectivity index (χ4v) is 3.17. The van der Waals surface area contributed by atoms with Crippen LogP contribution in [0, 0.1) is 6.92 Å². The Morgan fingerprint density at radius 1 is 1.17 bits per heavy atom. The monoisotopic (exact) mass is 388 g/mol. The maximum atomic E-state index is 12.3. The number of aromatic amines is 1. The number of carbonyl (C=O) groups excluding carboxylic acids is 1. The van der Waals surface area contributed by atoms with Crippen molar-refractivity contribution in [1.82, 2.24) is 24.7 Å². The Bertz CT molecular complexity index is 1230. The zero-order valence-corrected chi connectivity index (χ0v) is 15.9. The van der Waals surface area contributed by atoms with Gasteiger partial charge in [0, 0.05) is 18.5 Å². The number of nitrogens with zero attached hydrogens (tertiary/aromatic N) is 4. The number of hydrogen-bond donors (Lipinski definition) is 2. The van der Waals surface area contributed by atoms with Crippen LogP contribution in [0.2, 0.25) is 0 Å². The molecule has 0 spiro atoms. The van der Waals surface area contributed by atoms with Crippen molar-refractivity contribution in [2.45, 2.75) is 26.2 Å². The van der Waals surface area contributed by atoms with Crippen molar-refractivity contribution in [3.63, 3.8) is 0 Å². The van der Waals surface area contributed by atoms with Crippen LogP contribution in [-0.2, 0) is 11.2 Å². The first-order valence-corrected chi connectivity index (χ1v) is 9.35. The second-order valence-corrected chi connectivity index (χ2v) is 6.73. The van der Waals surface area contributed by atoms with Crippen LogP contribution in [0.15, 0.2) is 59.7 Å². The molecule has 1 amide bonds. The average Bonchev–Trinajstić information content (AvgIpc) is 3.14. The second-order valence-electron chi connectivity index (χ2n) is 6.73. The lowest BCUT2D eigenvalue weighted by molar-refractivity contribution is -0.116. The number of fused-ring (bicyclic) bond motifs is 1. The molecule has 0 fully saturated rings. The molecule has 8 heteroatoms. The third-order valence-electron chi connectivity index (χ3n) is 4.61. The largest absolute Gasteiger partial charge is 0.326 e. The molecule has 146 valence electrons. The summed E-state index contributed by atoms with van der Waals surface area (Å²) in [6, 6.07) is 14.7. The third kappa shape index (κ3) is 4.21. The van der Waals surface area contributed by atoms with Crippen molar-refractivity contribution < 1.29 is 4.79 Å². The van der Waals surface area contributed by atoms with Gasteiger partial charge in [-0.2, -0.15) is 0 Å². The summed E-state index contributed by atoms with van der Waals surface area (Å²) < 4.78 is 1.84. The molecule has 8 nitrogen and oxygen atoms in total. The SMILES string of the molecule is Cc1nncn1-c1cccc(NC(=O)CCCc2nc3ccccc3c(=O)[nH]2)c1. The van der Waals surface area contributed by atoms with Gasteiger partial charge in [0.05, 0.1) is 16.6 Å². The second kappa shape index (κ2) is 8.05. The summed E-state index contributed by atoms with van der Waals surface area (Å²) in [7, 11) is 0. The Labute approximate surface area is 166 Å². The fourth-order valence-electron chi connectivity index (χ4n) is 3.17. The summed E-state index contributed by atoms with van der Waals surface area (Å²) in [6.07, 6.45) is 3.06. The predicted octanol–water partition coefficient (Wildman–Crippen LogP) is 2.77. The normalized spacial score (nSPS) is 10.9. The minimum absolute atomic E-state index is 0.0919. The van der Waals surface area contributed by atoms with Gasteiger partial charge in [-0.15, -0.1) is 10.2 Å². The van der Waals surface area contributed by atoms with Crippen molar-refractivity contribution in [2.75, 3.05) is 5.32 Å². The number of para-hydroxylation sites is 1. The van der Waals surface area contributed by atoms with Crippen LogP contribution in [0.5, 0.6) is 0 Å². The van der Waals surface area contributed by atoms with Gasteiger partial charge in [-0.05, 0) is 43.7 Å². The lowest BCUT2D eigenvalue weighted by Gasteiger charge is -2.09. The highest BCUT2D eigenvalue weighted by Crippen LogP contribution is 2.16. The summed E-state index contributed by atoms with van der Waals surface area (Å²) in [5, 5.41) is 11.3. The first-order chi connectivity index (χ1) is 14.1. The number of aryl methyl sites for hydroxylation is 2. The maximum Gasteiger partial charge on any atom is 0.258 e. The number of aromatic nitrogens is 5. The minimum atomic E-state index is -0.156. The fraction of sp³-hybridized carbons (Fsp3) is 0.190. The Kier molecular flexibility index (Phi) is 5.15. The van der Waals surface area contributed by atoms with Gasteiger partial charge in [-0.25, -0.2) is 4.98 Å². The minimum Gasteiger partial charge on any atom is -0.326 e. The Morgan fingerprint density at radius 3 is 2.86 bits per heavy atom. The topological polar surface area (TPSA) is 106 Å². The van der Waals surface area contributed by atoms with E-state index in [2.05, 4.69) is 25.5 Å². The number of hydrogen-bond acceptors (Lipinski definition) is 5. The smallest absolute Gasteiger partial charge is 0.258 e. The Balaban J connectivity index is 1.36. The molecule has 0 aliphatic carbocycles. The molecule has 0 saturated heterocycles. The summed E-state index contributed by atoms with van der Waals surface area (Å²) in [5.41, 5.74) is 2.09. The van der Waals surface area contributed by atoms with Crippen LogP contribution < -0.4 is 10.9 Å². The van der Waals surface area contributed by atoms with E-state index in [1.807, 2.05) is 54.0 Å². The number of benzene rings is 2. The van der Waals surface area contributed by atoms with E-state index in [0.29, 0.717) is 41.7 Å². The average molecular weight is 388 g/mol. The lowest BCUT2D eigenvalue weighted by atomic mass is 10.2. The Morgan fingerprint density at radius 2 is 2.03 bits per heavy atom. The van der Waals surface area contributed by atoms with Gasteiger partial charge in [0.15, 0.2) is 0 Å². The van der Waals surface area contributed by atoms with E-state index in [0.717, 1.165) is 11.5 Å². The molecular weight excluding hydrogens is 368 g/mol. The van der Waals surface area contributed by atoms with Gasteiger partial charge >= 0.3 is 0 Å². The summed E-state index contributed by atoms with van der Waals surface area (Å²) in [6.45, 7) is 1.86.